The lowest BCUT2D eigenvalue weighted by Crippen LogP contribution is -2.49. The summed E-state index contributed by atoms with van der Waals surface area (Å²) < 4.78 is 0. The standard InChI is InChI=1S/C19H26N2O2/c1-14-8-11-20(12-9-14)19(23)17-7-4-10-21(17)18(22)16-6-3-5-15(2)13-16/h3,5-6,13-14,17H,4,7-12H2,1-2H3/t17-/m1/s1. The van der Waals surface area contributed by atoms with Gasteiger partial charge in [-0.1, -0.05) is 24.6 Å². The largest absolute Gasteiger partial charge is 0.341 e. The van der Waals surface area contributed by atoms with Gasteiger partial charge in [-0.05, 0) is 50.7 Å². The molecule has 3 rings (SSSR count). The van der Waals surface area contributed by atoms with E-state index in [0.717, 1.165) is 44.3 Å². The van der Waals surface area contributed by atoms with E-state index in [1.807, 2.05) is 36.1 Å². The summed E-state index contributed by atoms with van der Waals surface area (Å²) in [4.78, 5) is 29.4. The summed E-state index contributed by atoms with van der Waals surface area (Å²) in [5, 5.41) is 0. The molecular weight excluding hydrogens is 288 g/mol. The normalized spacial score (nSPS) is 22.4. The van der Waals surface area contributed by atoms with Crippen LogP contribution in [0.3, 0.4) is 0 Å². The van der Waals surface area contributed by atoms with Gasteiger partial charge in [0.25, 0.3) is 5.91 Å². The van der Waals surface area contributed by atoms with Crippen molar-refractivity contribution in [2.24, 2.45) is 5.92 Å². The van der Waals surface area contributed by atoms with Gasteiger partial charge in [0.05, 0.1) is 0 Å². The molecule has 2 fully saturated rings. The van der Waals surface area contributed by atoms with Crippen LogP contribution in [0, 0.1) is 12.8 Å². The zero-order valence-corrected chi connectivity index (χ0v) is 14.1. The summed E-state index contributed by atoms with van der Waals surface area (Å²) in [5.74, 6) is 0.845. The van der Waals surface area contributed by atoms with Crippen molar-refractivity contribution in [2.75, 3.05) is 19.6 Å². The molecule has 2 heterocycles. The average Bonchev–Trinajstić information content (AvgIpc) is 3.03. The number of carbonyl (C=O) groups excluding carboxylic acids is 2. The van der Waals surface area contributed by atoms with Crippen LogP contribution in [0.5, 0.6) is 0 Å². The van der Waals surface area contributed by atoms with Gasteiger partial charge in [0.1, 0.15) is 6.04 Å². The number of rotatable bonds is 2. The maximum Gasteiger partial charge on any atom is 0.254 e. The highest BCUT2D eigenvalue weighted by Gasteiger charge is 2.37. The maximum absolute atomic E-state index is 12.9. The van der Waals surface area contributed by atoms with Crippen molar-refractivity contribution in [3.05, 3.63) is 35.4 Å². The Bertz CT molecular complexity index is 591. The van der Waals surface area contributed by atoms with Crippen LogP contribution in [0.25, 0.3) is 0 Å². The molecule has 0 N–H and O–H groups in total. The molecule has 2 aliphatic rings. The molecule has 0 radical (unpaired) electrons. The molecule has 1 atom stereocenters. The van der Waals surface area contributed by atoms with E-state index < -0.39 is 0 Å². The molecule has 4 nitrogen and oxygen atoms in total. The Labute approximate surface area is 138 Å². The Morgan fingerprint density at radius 2 is 1.83 bits per heavy atom. The van der Waals surface area contributed by atoms with Gasteiger partial charge >= 0.3 is 0 Å². The van der Waals surface area contributed by atoms with Crippen molar-refractivity contribution >= 4 is 11.8 Å². The molecule has 124 valence electrons. The summed E-state index contributed by atoms with van der Waals surface area (Å²) in [6.07, 6.45) is 3.86. The second kappa shape index (κ2) is 6.73. The molecule has 23 heavy (non-hydrogen) atoms. The zero-order chi connectivity index (χ0) is 16.4. The number of amides is 2. The molecule has 2 aliphatic heterocycles. The topological polar surface area (TPSA) is 40.6 Å². The van der Waals surface area contributed by atoms with Gasteiger partial charge < -0.3 is 9.80 Å². The first-order valence-corrected chi connectivity index (χ1v) is 8.72. The number of aryl methyl sites for hydroxylation is 1. The van der Waals surface area contributed by atoms with Crippen molar-refractivity contribution in [1.29, 1.82) is 0 Å². The molecule has 1 aromatic rings. The quantitative estimate of drug-likeness (QED) is 0.842. The number of benzene rings is 1. The van der Waals surface area contributed by atoms with E-state index in [9.17, 15) is 9.59 Å². The molecule has 4 heteroatoms. The molecule has 0 bridgehead atoms. The fraction of sp³-hybridized carbons (Fsp3) is 0.579. The minimum Gasteiger partial charge on any atom is -0.341 e. The third kappa shape index (κ3) is 3.41. The Balaban J connectivity index is 1.72. The van der Waals surface area contributed by atoms with Crippen LogP contribution in [0.1, 0.15) is 48.5 Å². The van der Waals surface area contributed by atoms with Crippen molar-refractivity contribution in [1.82, 2.24) is 9.80 Å². The average molecular weight is 314 g/mol. The van der Waals surface area contributed by atoms with E-state index in [1.165, 1.54) is 0 Å². The summed E-state index contributed by atoms with van der Waals surface area (Å²) in [6.45, 7) is 6.59. The molecule has 0 unspecified atom stereocenters. The Hall–Kier alpha value is -1.84. The van der Waals surface area contributed by atoms with E-state index in [1.54, 1.807) is 4.90 Å². The van der Waals surface area contributed by atoms with Crippen molar-refractivity contribution < 1.29 is 9.59 Å². The Kier molecular flexibility index (Phi) is 4.69. The van der Waals surface area contributed by atoms with Crippen LogP contribution < -0.4 is 0 Å². The van der Waals surface area contributed by atoms with Crippen LogP contribution in [-0.4, -0.2) is 47.3 Å². The fourth-order valence-electron chi connectivity index (χ4n) is 3.65. The van der Waals surface area contributed by atoms with Gasteiger partial charge in [0.15, 0.2) is 0 Å². The highest BCUT2D eigenvalue weighted by molar-refractivity contribution is 5.98. The number of hydrogen-bond acceptors (Lipinski definition) is 2. The van der Waals surface area contributed by atoms with Gasteiger partial charge in [-0.3, -0.25) is 9.59 Å². The van der Waals surface area contributed by atoms with E-state index in [0.29, 0.717) is 18.0 Å². The summed E-state index contributed by atoms with van der Waals surface area (Å²) >= 11 is 0. The number of carbonyl (C=O) groups is 2. The molecule has 2 amide bonds. The van der Waals surface area contributed by atoms with Gasteiger partial charge in [0, 0.05) is 25.2 Å². The predicted octanol–water partition coefficient (Wildman–Crippen LogP) is 2.86. The molecule has 0 saturated carbocycles. The molecular formula is C19H26N2O2. The minimum absolute atomic E-state index is 0.00470. The highest BCUT2D eigenvalue weighted by atomic mass is 16.2. The third-order valence-corrected chi connectivity index (χ3v) is 5.16. The lowest BCUT2D eigenvalue weighted by molar-refractivity contribution is -0.136. The fourth-order valence-corrected chi connectivity index (χ4v) is 3.65. The maximum atomic E-state index is 12.9. The van der Waals surface area contributed by atoms with Crippen LogP contribution in [0.2, 0.25) is 0 Å². The van der Waals surface area contributed by atoms with Gasteiger partial charge in [-0.15, -0.1) is 0 Å². The van der Waals surface area contributed by atoms with Crippen LogP contribution >= 0.6 is 0 Å². The Morgan fingerprint density at radius 1 is 1.09 bits per heavy atom. The third-order valence-electron chi connectivity index (χ3n) is 5.16. The van der Waals surface area contributed by atoms with Crippen LogP contribution in [-0.2, 0) is 4.79 Å². The zero-order valence-electron chi connectivity index (χ0n) is 14.1. The number of likely N-dealkylation sites (tertiary alicyclic amines) is 2. The molecule has 0 aromatic heterocycles. The number of nitrogens with zero attached hydrogens (tertiary/aromatic N) is 2. The SMILES string of the molecule is Cc1cccc(C(=O)N2CCC[C@@H]2C(=O)N2CCC(C)CC2)c1. The van der Waals surface area contributed by atoms with E-state index in [2.05, 4.69) is 6.92 Å². The Morgan fingerprint density at radius 3 is 2.52 bits per heavy atom. The van der Waals surface area contributed by atoms with Crippen LogP contribution in [0.4, 0.5) is 0 Å². The van der Waals surface area contributed by atoms with E-state index in [4.69, 9.17) is 0 Å². The molecule has 0 aliphatic carbocycles. The van der Waals surface area contributed by atoms with Crippen LogP contribution in [0.15, 0.2) is 24.3 Å². The number of piperidine rings is 1. The first-order chi connectivity index (χ1) is 11.1. The van der Waals surface area contributed by atoms with Crippen molar-refractivity contribution in [3.63, 3.8) is 0 Å². The van der Waals surface area contributed by atoms with Crippen molar-refractivity contribution in [2.45, 2.75) is 45.6 Å². The summed E-state index contributed by atoms with van der Waals surface area (Å²) in [7, 11) is 0. The first-order valence-electron chi connectivity index (χ1n) is 8.72. The number of hydrogen-bond donors (Lipinski definition) is 0. The lowest BCUT2D eigenvalue weighted by Gasteiger charge is -2.34. The second-order valence-corrected chi connectivity index (χ2v) is 7.03. The predicted molar refractivity (Wildman–Crippen MR) is 90.2 cm³/mol. The molecule has 1 aromatic carbocycles. The van der Waals surface area contributed by atoms with E-state index in [-0.39, 0.29) is 17.9 Å². The van der Waals surface area contributed by atoms with E-state index >= 15 is 0 Å². The minimum atomic E-state index is -0.267. The van der Waals surface area contributed by atoms with Crippen molar-refractivity contribution in [3.8, 4) is 0 Å². The highest BCUT2D eigenvalue weighted by Crippen LogP contribution is 2.24. The summed E-state index contributed by atoms with van der Waals surface area (Å²) in [5.41, 5.74) is 1.76. The van der Waals surface area contributed by atoms with Gasteiger partial charge in [-0.2, -0.15) is 0 Å². The van der Waals surface area contributed by atoms with Gasteiger partial charge in [0.2, 0.25) is 5.91 Å². The molecule has 0 spiro atoms. The van der Waals surface area contributed by atoms with Gasteiger partial charge in [-0.25, -0.2) is 0 Å². The monoisotopic (exact) mass is 314 g/mol. The smallest absolute Gasteiger partial charge is 0.254 e. The lowest BCUT2D eigenvalue weighted by atomic mass is 9.98. The summed E-state index contributed by atoms with van der Waals surface area (Å²) in [6, 6.07) is 7.37. The second-order valence-electron chi connectivity index (χ2n) is 7.03. The molecule has 2 saturated heterocycles. The first kappa shape index (κ1) is 16.0.